The molecule has 0 N–H and O–H groups in total. The zero-order valence-electron chi connectivity index (χ0n) is 12.6. The zero-order valence-corrected chi connectivity index (χ0v) is 12.6. The van der Waals surface area contributed by atoms with Gasteiger partial charge in [0.1, 0.15) is 6.10 Å². The third-order valence-electron chi connectivity index (χ3n) is 3.66. The molecule has 19 heavy (non-hydrogen) atoms. The molecule has 0 saturated carbocycles. The van der Waals surface area contributed by atoms with E-state index in [1.807, 2.05) is 38.1 Å². The second-order valence-corrected chi connectivity index (χ2v) is 5.29. The molecule has 0 saturated heterocycles. The number of hydrogen-bond acceptors (Lipinski definition) is 2. The number of carbonyl (C=O) groups excluding carboxylic acids is 1. The number of ether oxygens (including phenoxy) is 1. The second kappa shape index (κ2) is 7.98. The van der Waals surface area contributed by atoms with Crippen molar-refractivity contribution in [3.8, 4) is 0 Å². The maximum Gasteiger partial charge on any atom is 0.338 e. The van der Waals surface area contributed by atoms with Crippen LogP contribution < -0.4 is 0 Å². The lowest BCUT2D eigenvalue weighted by atomic mass is 9.94. The first-order valence-corrected chi connectivity index (χ1v) is 7.36. The molecule has 0 aliphatic heterocycles. The van der Waals surface area contributed by atoms with E-state index in [-0.39, 0.29) is 12.1 Å². The van der Waals surface area contributed by atoms with Crippen LogP contribution in [0.2, 0.25) is 0 Å². The summed E-state index contributed by atoms with van der Waals surface area (Å²) in [5.41, 5.74) is 1.73. The molecule has 1 aromatic carbocycles. The van der Waals surface area contributed by atoms with Crippen LogP contribution in [-0.2, 0) is 4.74 Å². The maximum atomic E-state index is 12.1. The van der Waals surface area contributed by atoms with E-state index in [1.54, 1.807) is 0 Å². The lowest BCUT2D eigenvalue weighted by Crippen LogP contribution is -2.24. The van der Waals surface area contributed by atoms with E-state index in [2.05, 4.69) is 13.8 Å². The lowest BCUT2D eigenvalue weighted by Gasteiger charge is -2.22. The van der Waals surface area contributed by atoms with Crippen LogP contribution in [-0.4, -0.2) is 12.1 Å². The fourth-order valence-electron chi connectivity index (χ4n) is 2.34. The summed E-state index contributed by atoms with van der Waals surface area (Å²) in [4.78, 5) is 12.1. The van der Waals surface area contributed by atoms with Crippen LogP contribution >= 0.6 is 0 Å². The van der Waals surface area contributed by atoms with E-state index in [9.17, 15) is 4.79 Å². The molecule has 0 spiro atoms. The minimum atomic E-state index is -0.203. The van der Waals surface area contributed by atoms with Gasteiger partial charge in [-0.05, 0) is 44.7 Å². The molecule has 1 aromatic rings. The fourth-order valence-corrected chi connectivity index (χ4v) is 2.34. The monoisotopic (exact) mass is 262 g/mol. The molecular formula is C17H26O2. The van der Waals surface area contributed by atoms with E-state index in [0.717, 1.165) is 18.4 Å². The van der Waals surface area contributed by atoms with Crippen LogP contribution in [0.3, 0.4) is 0 Å². The van der Waals surface area contributed by atoms with Gasteiger partial charge in [0, 0.05) is 0 Å². The van der Waals surface area contributed by atoms with Gasteiger partial charge in [-0.25, -0.2) is 4.79 Å². The highest BCUT2D eigenvalue weighted by atomic mass is 16.5. The highest BCUT2D eigenvalue weighted by Gasteiger charge is 2.19. The van der Waals surface area contributed by atoms with Gasteiger partial charge >= 0.3 is 5.97 Å². The van der Waals surface area contributed by atoms with Gasteiger partial charge in [0.15, 0.2) is 0 Å². The molecule has 2 heteroatoms. The number of aryl methyl sites for hydroxylation is 1. The van der Waals surface area contributed by atoms with Crippen molar-refractivity contribution in [1.29, 1.82) is 0 Å². The van der Waals surface area contributed by atoms with E-state index >= 15 is 0 Å². The lowest BCUT2D eigenvalue weighted by molar-refractivity contribution is 0.0175. The van der Waals surface area contributed by atoms with Crippen molar-refractivity contribution >= 4 is 5.97 Å². The third kappa shape index (κ3) is 5.06. The van der Waals surface area contributed by atoms with E-state index in [4.69, 9.17) is 4.74 Å². The van der Waals surface area contributed by atoms with Crippen LogP contribution in [0.5, 0.6) is 0 Å². The Morgan fingerprint density at radius 3 is 2.63 bits per heavy atom. The summed E-state index contributed by atoms with van der Waals surface area (Å²) in [5, 5.41) is 0. The molecule has 106 valence electrons. The SMILES string of the molecule is CCCCC(CC)C(C)OC(=O)c1cccc(C)c1. The molecule has 0 aliphatic carbocycles. The predicted molar refractivity (Wildman–Crippen MR) is 79.4 cm³/mol. The third-order valence-corrected chi connectivity index (χ3v) is 3.66. The molecule has 2 atom stereocenters. The van der Waals surface area contributed by atoms with Crippen LogP contribution in [0, 0.1) is 12.8 Å². The van der Waals surface area contributed by atoms with Crippen molar-refractivity contribution in [2.24, 2.45) is 5.92 Å². The Hall–Kier alpha value is -1.31. The number of carbonyl (C=O) groups is 1. The van der Waals surface area contributed by atoms with Gasteiger partial charge in [0.2, 0.25) is 0 Å². The van der Waals surface area contributed by atoms with E-state index in [1.165, 1.54) is 12.8 Å². The molecule has 0 fully saturated rings. The van der Waals surface area contributed by atoms with Crippen LogP contribution in [0.15, 0.2) is 24.3 Å². The van der Waals surface area contributed by atoms with Gasteiger partial charge in [-0.3, -0.25) is 0 Å². The largest absolute Gasteiger partial charge is 0.459 e. The Labute approximate surface area is 117 Å². The Morgan fingerprint density at radius 2 is 2.05 bits per heavy atom. The van der Waals surface area contributed by atoms with Crippen molar-refractivity contribution in [2.75, 3.05) is 0 Å². The second-order valence-electron chi connectivity index (χ2n) is 5.29. The van der Waals surface area contributed by atoms with Crippen molar-refractivity contribution in [1.82, 2.24) is 0 Å². The first-order chi connectivity index (χ1) is 9.08. The van der Waals surface area contributed by atoms with Crippen LogP contribution in [0.4, 0.5) is 0 Å². The first kappa shape index (κ1) is 15.7. The summed E-state index contributed by atoms with van der Waals surface area (Å²) in [6.07, 6.45) is 4.57. The summed E-state index contributed by atoms with van der Waals surface area (Å²) in [6, 6.07) is 7.57. The van der Waals surface area contributed by atoms with E-state index in [0.29, 0.717) is 11.5 Å². The van der Waals surface area contributed by atoms with Crippen LogP contribution in [0.1, 0.15) is 62.4 Å². The number of esters is 1. The first-order valence-electron chi connectivity index (χ1n) is 7.36. The van der Waals surface area contributed by atoms with Gasteiger partial charge in [-0.15, -0.1) is 0 Å². The molecule has 1 rings (SSSR count). The minimum Gasteiger partial charge on any atom is -0.459 e. The Bertz CT molecular complexity index is 398. The standard InChI is InChI=1S/C17H26O2/c1-5-7-10-15(6-2)14(4)19-17(18)16-11-8-9-13(3)12-16/h8-9,11-12,14-15H,5-7,10H2,1-4H3. The average molecular weight is 262 g/mol. The highest BCUT2D eigenvalue weighted by molar-refractivity contribution is 5.89. The van der Waals surface area contributed by atoms with Gasteiger partial charge < -0.3 is 4.74 Å². The summed E-state index contributed by atoms with van der Waals surface area (Å²) in [5.74, 6) is 0.264. The molecular weight excluding hydrogens is 236 g/mol. The predicted octanol–water partition coefficient (Wildman–Crippen LogP) is 4.76. The van der Waals surface area contributed by atoms with Crippen molar-refractivity contribution < 1.29 is 9.53 Å². The minimum absolute atomic E-state index is 0.00966. The average Bonchev–Trinajstić information content (AvgIpc) is 2.39. The molecule has 2 unspecified atom stereocenters. The topological polar surface area (TPSA) is 26.3 Å². The summed E-state index contributed by atoms with van der Waals surface area (Å²) < 4.78 is 5.60. The molecule has 0 aromatic heterocycles. The molecule has 2 nitrogen and oxygen atoms in total. The Kier molecular flexibility index (Phi) is 6.61. The van der Waals surface area contributed by atoms with Crippen molar-refractivity contribution in [3.63, 3.8) is 0 Å². The molecule has 0 heterocycles. The summed E-state index contributed by atoms with van der Waals surface area (Å²) in [7, 11) is 0. The maximum absolute atomic E-state index is 12.1. The molecule has 0 aliphatic rings. The molecule has 0 amide bonds. The quantitative estimate of drug-likeness (QED) is 0.662. The van der Waals surface area contributed by atoms with Crippen LogP contribution in [0.25, 0.3) is 0 Å². The zero-order chi connectivity index (χ0) is 14.3. The van der Waals surface area contributed by atoms with Gasteiger partial charge in [0.25, 0.3) is 0 Å². The fraction of sp³-hybridized carbons (Fsp3) is 0.588. The summed E-state index contributed by atoms with van der Waals surface area (Å²) in [6.45, 7) is 8.35. The Balaban J connectivity index is 2.59. The van der Waals surface area contributed by atoms with Gasteiger partial charge in [-0.1, -0.05) is 44.4 Å². The van der Waals surface area contributed by atoms with Gasteiger partial charge in [0.05, 0.1) is 5.56 Å². The number of rotatable bonds is 7. The number of hydrogen-bond donors (Lipinski definition) is 0. The highest BCUT2D eigenvalue weighted by Crippen LogP contribution is 2.20. The van der Waals surface area contributed by atoms with Crippen molar-refractivity contribution in [2.45, 2.75) is 59.5 Å². The van der Waals surface area contributed by atoms with Gasteiger partial charge in [-0.2, -0.15) is 0 Å². The number of benzene rings is 1. The summed E-state index contributed by atoms with van der Waals surface area (Å²) >= 11 is 0. The smallest absolute Gasteiger partial charge is 0.338 e. The number of unbranched alkanes of at least 4 members (excludes halogenated alkanes) is 1. The normalized spacial score (nSPS) is 13.9. The van der Waals surface area contributed by atoms with Crippen molar-refractivity contribution in [3.05, 3.63) is 35.4 Å². The van der Waals surface area contributed by atoms with E-state index < -0.39 is 0 Å². The molecule has 0 bridgehead atoms. The Morgan fingerprint density at radius 1 is 1.32 bits per heavy atom. The molecule has 0 radical (unpaired) electrons.